The summed E-state index contributed by atoms with van der Waals surface area (Å²) in [6.07, 6.45) is 3.72. The van der Waals surface area contributed by atoms with Crippen molar-refractivity contribution in [2.24, 2.45) is 0 Å². The van der Waals surface area contributed by atoms with Crippen LogP contribution in [0.15, 0.2) is 72.9 Å². The van der Waals surface area contributed by atoms with E-state index < -0.39 is 0 Å². The van der Waals surface area contributed by atoms with Crippen molar-refractivity contribution in [3.8, 4) is 23.1 Å². The van der Waals surface area contributed by atoms with Crippen LogP contribution in [0, 0.1) is 11.3 Å². The maximum atomic E-state index is 9.27. The minimum Gasteiger partial charge on any atom is -0.489 e. The van der Waals surface area contributed by atoms with Crippen LogP contribution in [0.2, 0.25) is 0 Å². The minimum atomic E-state index is -0.277. The summed E-state index contributed by atoms with van der Waals surface area (Å²) in [4.78, 5) is 4.53. The van der Waals surface area contributed by atoms with Gasteiger partial charge in [-0.25, -0.2) is 0 Å². The zero-order valence-electron chi connectivity index (χ0n) is 13.9. The van der Waals surface area contributed by atoms with Crippen LogP contribution >= 0.6 is 0 Å². The topological polar surface area (TPSA) is 45.9 Å². The van der Waals surface area contributed by atoms with E-state index in [9.17, 15) is 5.26 Å². The van der Waals surface area contributed by atoms with Crippen molar-refractivity contribution in [1.29, 1.82) is 5.26 Å². The Bertz CT molecular complexity index is 890. The molecule has 3 heteroatoms. The Hall–Kier alpha value is -3.12. The van der Waals surface area contributed by atoms with E-state index in [2.05, 4.69) is 11.1 Å². The summed E-state index contributed by atoms with van der Waals surface area (Å²) in [6, 6.07) is 24.5. The first-order chi connectivity index (χ1) is 12.3. The highest BCUT2D eigenvalue weighted by atomic mass is 16.5. The molecule has 0 atom stereocenters. The second-order valence-corrected chi connectivity index (χ2v) is 6.42. The number of nitrogens with zero attached hydrogens (tertiary/aromatic N) is 2. The zero-order valence-corrected chi connectivity index (χ0v) is 13.9. The van der Waals surface area contributed by atoms with Crippen molar-refractivity contribution in [3.05, 3.63) is 84.1 Å². The number of hydrogen-bond donors (Lipinski definition) is 0. The lowest BCUT2D eigenvalue weighted by Gasteiger charge is -2.09. The standard InChI is InChI=1S/C22H18N2O/c23-16-22(12-13-22)19-8-11-21(24-14-19)18-6-9-20(10-7-18)25-15-17-4-2-1-3-5-17/h1-11,14H,12-13,15H2. The van der Waals surface area contributed by atoms with Crippen molar-refractivity contribution >= 4 is 0 Å². The van der Waals surface area contributed by atoms with E-state index in [0.717, 1.165) is 41.0 Å². The zero-order chi connectivity index (χ0) is 17.1. The third kappa shape index (κ3) is 3.25. The molecule has 1 aromatic heterocycles. The van der Waals surface area contributed by atoms with Gasteiger partial charge in [0.1, 0.15) is 12.4 Å². The van der Waals surface area contributed by atoms with Crippen LogP contribution in [0.5, 0.6) is 5.75 Å². The average Bonchev–Trinajstić information content (AvgIpc) is 3.49. The molecule has 0 unspecified atom stereocenters. The van der Waals surface area contributed by atoms with Gasteiger partial charge < -0.3 is 4.74 Å². The van der Waals surface area contributed by atoms with Crippen LogP contribution in [-0.4, -0.2) is 4.98 Å². The van der Waals surface area contributed by atoms with E-state index in [4.69, 9.17) is 4.74 Å². The third-order valence-electron chi connectivity index (χ3n) is 4.68. The van der Waals surface area contributed by atoms with Crippen molar-refractivity contribution in [1.82, 2.24) is 4.98 Å². The van der Waals surface area contributed by atoms with Gasteiger partial charge in [-0.1, -0.05) is 36.4 Å². The van der Waals surface area contributed by atoms with Gasteiger partial charge in [-0.2, -0.15) is 5.26 Å². The molecule has 0 N–H and O–H groups in total. The number of rotatable bonds is 5. The summed E-state index contributed by atoms with van der Waals surface area (Å²) in [7, 11) is 0. The van der Waals surface area contributed by atoms with Crippen LogP contribution < -0.4 is 4.74 Å². The lowest BCUT2D eigenvalue weighted by molar-refractivity contribution is 0.306. The first-order valence-corrected chi connectivity index (χ1v) is 8.44. The summed E-state index contributed by atoms with van der Waals surface area (Å²) >= 11 is 0. The first kappa shape index (κ1) is 15.4. The summed E-state index contributed by atoms with van der Waals surface area (Å²) in [6.45, 7) is 0.559. The fourth-order valence-electron chi connectivity index (χ4n) is 2.90. The molecule has 0 saturated heterocycles. The molecule has 1 aliphatic rings. The molecule has 1 aliphatic carbocycles. The Morgan fingerprint density at radius 2 is 1.72 bits per heavy atom. The van der Waals surface area contributed by atoms with Crippen LogP contribution in [0.4, 0.5) is 0 Å². The summed E-state index contributed by atoms with van der Waals surface area (Å²) in [5.74, 6) is 0.839. The average molecular weight is 326 g/mol. The van der Waals surface area contributed by atoms with Gasteiger partial charge in [0.05, 0.1) is 17.2 Å². The predicted octanol–water partition coefficient (Wildman–Crippen LogP) is 4.88. The number of benzene rings is 2. The monoisotopic (exact) mass is 326 g/mol. The highest BCUT2D eigenvalue weighted by molar-refractivity contribution is 5.60. The smallest absolute Gasteiger partial charge is 0.119 e. The van der Waals surface area contributed by atoms with Crippen LogP contribution in [0.25, 0.3) is 11.3 Å². The molecule has 1 fully saturated rings. The summed E-state index contributed by atoms with van der Waals surface area (Å²) in [5, 5.41) is 9.27. The maximum Gasteiger partial charge on any atom is 0.119 e. The maximum absolute atomic E-state index is 9.27. The van der Waals surface area contributed by atoms with E-state index in [-0.39, 0.29) is 5.41 Å². The Morgan fingerprint density at radius 3 is 2.32 bits per heavy atom. The lowest BCUT2D eigenvalue weighted by atomic mass is 9.99. The van der Waals surface area contributed by atoms with E-state index in [1.165, 1.54) is 0 Å². The van der Waals surface area contributed by atoms with Crippen molar-refractivity contribution in [3.63, 3.8) is 0 Å². The third-order valence-corrected chi connectivity index (χ3v) is 4.68. The molecular weight excluding hydrogens is 308 g/mol. The minimum absolute atomic E-state index is 0.277. The second kappa shape index (κ2) is 6.41. The van der Waals surface area contributed by atoms with Crippen molar-refractivity contribution < 1.29 is 4.74 Å². The SMILES string of the molecule is N#CC1(c2ccc(-c3ccc(OCc4ccccc4)cc3)nc2)CC1. The first-order valence-electron chi connectivity index (χ1n) is 8.44. The Labute approximate surface area is 147 Å². The Balaban J connectivity index is 1.44. The number of ether oxygens (including phenoxy) is 1. The molecule has 0 bridgehead atoms. The Kier molecular flexibility index (Phi) is 3.95. The largest absolute Gasteiger partial charge is 0.489 e. The summed E-state index contributed by atoms with van der Waals surface area (Å²) in [5.41, 5.74) is 3.85. The molecule has 3 nitrogen and oxygen atoms in total. The van der Waals surface area contributed by atoms with Gasteiger partial charge in [-0.15, -0.1) is 0 Å². The van der Waals surface area contributed by atoms with Crippen molar-refractivity contribution in [2.75, 3.05) is 0 Å². The van der Waals surface area contributed by atoms with Crippen molar-refractivity contribution in [2.45, 2.75) is 24.9 Å². The number of nitriles is 1. The molecule has 2 aromatic carbocycles. The van der Waals surface area contributed by atoms with Gasteiger partial charge in [0.2, 0.25) is 0 Å². The van der Waals surface area contributed by atoms with Gasteiger partial charge in [0, 0.05) is 11.8 Å². The van der Waals surface area contributed by atoms with Gasteiger partial charge in [-0.05, 0) is 54.3 Å². The fourth-order valence-corrected chi connectivity index (χ4v) is 2.90. The van der Waals surface area contributed by atoms with Crippen LogP contribution in [0.1, 0.15) is 24.0 Å². The molecule has 0 radical (unpaired) electrons. The highest BCUT2D eigenvalue weighted by Crippen LogP contribution is 2.47. The molecule has 1 saturated carbocycles. The highest BCUT2D eigenvalue weighted by Gasteiger charge is 2.45. The van der Waals surface area contributed by atoms with Gasteiger partial charge >= 0.3 is 0 Å². The van der Waals surface area contributed by atoms with E-state index in [0.29, 0.717) is 6.61 Å². The molecule has 25 heavy (non-hydrogen) atoms. The van der Waals surface area contributed by atoms with Crippen LogP contribution in [-0.2, 0) is 12.0 Å². The number of hydrogen-bond acceptors (Lipinski definition) is 3. The number of aromatic nitrogens is 1. The quantitative estimate of drug-likeness (QED) is 0.671. The molecule has 0 aliphatic heterocycles. The van der Waals surface area contributed by atoms with E-state index in [1.807, 2.05) is 72.9 Å². The molecule has 0 spiro atoms. The van der Waals surface area contributed by atoms with Gasteiger partial charge in [-0.3, -0.25) is 4.98 Å². The molecule has 1 heterocycles. The predicted molar refractivity (Wildman–Crippen MR) is 97.0 cm³/mol. The normalized spacial score (nSPS) is 14.5. The molecule has 0 amide bonds. The fraction of sp³-hybridized carbons (Fsp3) is 0.182. The Morgan fingerprint density at radius 1 is 0.960 bits per heavy atom. The molecular formula is C22H18N2O. The van der Waals surface area contributed by atoms with Crippen LogP contribution in [0.3, 0.4) is 0 Å². The van der Waals surface area contributed by atoms with E-state index in [1.54, 1.807) is 0 Å². The molecule has 3 aromatic rings. The van der Waals surface area contributed by atoms with Gasteiger partial charge in [0.25, 0.3) is 0 Å². The molecule has 122 valence electrons. The van der Waals surface area contributed by atoms with Gasteiger partial charge in [0.15, 0.2) is 0 Å². The second-order valence-electron chi connectivity index (χ2n) is 6.42. The summed E-state index contributed by atoms with van der Waals surface area (Å²) < 4.78 is 5.81. The number of pyridine rings is 1. The van der Waals surface area contributed by atoms with E-state index >= 15 is 0 Å². The molecule has 4 rings (SSSR count). The lowest BCUT2D eigenvalue weighted by Crippen LogP contribution is -2.02.